The predicted octanol–water partition coefficient (Wildman–Crippen LogP) is 2.86. The van der Waals surface area contributed by atoms with E-state index in [4.69, 9.17) is 4.74 Å². The molecule has 1 aromatic heterocycles. The molecule has 2 fully saturated rings. The zero-order valence-corrected chi connectivity index (χ0v) is 18.5. The van der Waals surface area contributed by atoms with Crippen molar-refractivity contribution in [1.82, 2.24) is 25.2 Å². The van der Waals surface area contributed by atoms with Crippen molar-refractivity contribution in [3.63, 3.8) is 0 Å². The van der Waals surface area contributed by atoms with E-state index in [2.05, 4.69) is 20.1 Å². The number of ether oxygens (including phenoxy) is 2. The van der Waals surface area contributed by atoms with Gasteiger partial charge in [0.2, 0.25) is 0 Å². The van der Waals surface area contributed by atoms with Crippen LogP contribution in [-0.2, 0) is 4.79 Å². The quantitative estimate of drug-likeness (QED) is 0.592. The van der Waals surface area contributed by atoms with Crippen molar-refractivity contribution >= 4 is 22.8 Å². The summed E-state index contributed by atoms with van der Waals surface area (Å²) in [6.45, 7) is 2.07. The highest BCUT2D eigenvalue weighted by Gasteiger charge is 2.40. The number of aromatic amines is 1. The molecule has 2 aliphatic heterocycles. The number of benzene rings is 2. The van der Waals surface area contributed by atoms with Crippen LogP contribution < -0.4 is 9.47 Å². The lowest BCUT2D eigenvalue weighted by atomic mass is 9.89. The first-order chi connectivity index (χ1) is 16.7. The molecule has 0 bridgehead atoms. The highest BCUT2D eigenvalue weighted by molar-refractivity contribution is 5.97. The maximum Gasteiger partial charge on any atom is 0.573 e. The van der Waals surface area contributed by atoms with Crippen LogP contribution >= 0.6 is 0 Å². The van der Waals surface area contributed by atoms with Gasteiger partial charge in [0.25, 0.3) is 11.8 Å². The van der Waals surface area contributed by atoms with Crippen molar-refractivity contribution in [1.29, 1.82) is 0 Å². The smallest absolute Gasteiger partial charge is 0.484 e. The molecule has 2 atom stereocenters. The topological polar surface area (TPSA) is 101 Å². The molecule has 2 amide bonds. The number of halogens is 3. The SMILES string of the molecule is O=C(COc1ccc(OC(F)(F)F)cc1)N1CCC2CN(C(=O)c3ccc4[nH]nnc4c3)CC2C1. The molecule has 1 N–H and O–H groups in total. The monoisotopic (exact) mass is 489 g/mol. The minimum Gasteiger partial charge on any atom is -0.484 e. The number of hydrogen-bond acceptors (Lipinski definition) is 6. The summed E-state index contributed by atoms with van der Waals surface area (Å²) in [4.78, 5) is 29.3. The van der Waals surface area contributed by atoms with Gasteiger partial charge >= 0.3 is 6.36 Å². The van der Waals surface area contributed by atoms with Crippen LogP contribution in [0.2, 0.25) is 0 Å². The molecule has 3 heterocycles. The number of likely N-dealkylation sites (tertiary alicyclic amines) is 2. The number of nitrogens with one attached hydrogen (secondary N) is 1. The van der Waals surface area contributed by atoms with Crippen LogP contribution in [0, 0.1) is 11.8 Å². The van der Waals surface area contributed by atoms with E-state index in [0.29, 0.717) is 43.2 Å². The van der Waals surface area contributed by atoms with Crippen molar-refractivity contribution in [2.45, 2.75) is 12.8 Å². The molecule has 0 radical (unpaired) electrons. The van der Waals surface area contributed by atoms with Gasteiger partial charge in [0, 0.05) is 31.7 Å². The van der Waals surface area contributed by atoms with Crippen LogP contribution in [0.1, 0.15) is 16.8 Å². The summed E-state index contributed by atoms with van der Waals surface area (Å²) in [7, 11) is 0. The Kier molecular flexibility index (Phi) is 5.95. The second-order valence-electron chi connectivity index (χ2n) is 8.71. The second kappa shape index (κ2) is 9.08. The number of H-pyrrole nitrogens is 1. The van der Waals surface area contributed by atoms with Gasteiger partial charge in [0.15, 0.2) is 6.61 Å². The number of carbonyl (C=O) groups excluding carboxylic acids is 2. The van der Waals surface area contributed by atoms with Gasteiger partial charge in [-0.05, 0) is 60.7 Å². The number of fused-ring (bicyclic) bond motifs is 2. The van der Waals surface area contributed by atoms with Gasteiger partial charge in [0.1, 0.15) is 17.0 Å². The van der Waals surface area contributed by atoms with Crippen molar-refractivity contribution in [3.8, 4) is 11.5 Å². The molecule has 35 heavy (non-hydrogen) atoms. The van der Waals surface area contributed by atoms with Gasteiger partial charge < -0.3 is 19.3 Å². The highest BCUT2D eigenvalue weighted by atomic mass is 19.4. The van der Waals surface area contributed by atoms with E-state index in [9.17, 15) is 22.8 Å². The number of piperidine rings is 1. The standard InChI is InChI=1S/C23H22F3N5O4/c24-23(25,26)35-18-4-2-17(3-5-18)34-13-21(32)30-8-7-15-10-31(12-16(15)11-30)22(33)14-1-6-19-20(9-14)28-29-27-19/h1-6,9,15-16H,7-8,10-13H2,(H,27,28,29). The average molecular weight is 489 g/mol. The molecule has 5 rings (SSSR count). The fraction of sp³-hybridized carbons (Fsp3) is 0.391. The van der Waals surface area contributed by atoms with E-state index in [1.54, 1.807) is 23.1 Å². The third-order valence-corrected chi connectivity index (χ3v) is 6.43. The molecule has 2 unspecified atom stereocenters. The van der Waals surface area contributed by atoms with E-state index >= 15 is 0 Å². The zero-order chi connectivity index (χ0) is 24.6. The van der Waals surface area contributed by atoms with E-state index in [-0.39, 0.29) is 35.8 Å². The fourth-order valence-electron chi connectivity index (χ4n) is 4.69. The first kappa shape index (κ1) is 22.9. The van der Waals surface area contributed by atoms with Gasteiger partial charge in [0.05, 0.1) is 5.52 Å². The number of carbonyl (C=O) groups is 2. The van der Waals surface area contributed by atoms with Crippen molar-refractivity contribution in [2.75, 3.05) is 32.8 Å². The van der Waals surface area contributed by atoms with E-state index in [1.807, 2.05) is 4.90 Å². The molecule has 2 aliphatic rings. The first-order valence-corrected chi connectivity index (χ1v) is 11.1. The number of hydrogen-bond donors (Lipinski definition) is 1. The lowest BCUT2D eigenvalue weighted by Gasteiger charge is -2.34. The molecule has 0 aliphatic carbocycles. The molecular weight excluding hydrogens is 467 g/mol. The Morgan fingerprint density at radius 1 is 1.00 bits per heavy atom. The summed E-state index contributed by atoms with van der Waals surface area (Å²) in [5, 5.41) is 10.5. The molecule has 0 saturated carbocycles. The van der Waals surface area contributed by atoms with E-state index < -0.39 is 6.36 Å². The lowest BCUT2D eigenvalue weighted by molar-refractivity contribution is -0.274. The maximum atomic E-state index is 13.0. The van der Waals surface area contributed by atoms with Gasteiger partial charge in [-0.1, -0.05) is 5.21 Å². The Morgan fingerprint density at radius 3 is 2.49 bits per heavy atom. The molecule has 184 valence electrons. The Balaban J connectivity index is 1.13. The molecule has 2 aromatic carbocycles. The van der Waals surface area contributed by atoms with Gasteiger partial charge in [-0.15, -0.1) is 18.3 Å². The summed E-state index contributed by atoms with van der Waals surface area (Å²) in [6.07, 6.45) is -3.98. The second-order valence-corrected chi connectivity index (χ2v) is 8.71. The summed E-state index contributed by atoms with van der Waals surface area (Å²) < 4.78 is 46.1. The first-order valence-electron chi connectivity index (χ1n) is 11.1. The molecule has 9 nitrogen and oxygen atoms in total. The van der Waals surface area contributed by atoms with Crippen molar-refractivity contribution in [2.24, 2.45) is 11.8 Å². The van der Waals surface area contributed by atoms with Crippen molar-refractivity contribution < 1.29 is 32.2 Å². The molecule has 3 aromatic rings. The maximum absolute atomic E-state index is 13.0. The third kappa shape index (κ3) is 5.15. The third-order valence-electron chi connectivity index (χ3n) is 6.43. The molecule has 0 spiro atoms. The number of aromatic nitrogens is 3. The van der Waals surface area contributed by atoms with Crippen molar-refractivity contribution in [3.05, 3.63) is 48.0 Å². The van der Waals surface area contributed by atoms with Crippen LogP contribution in [0.4, 0.5) is 13.2 Å². The van der Waals surface area contributed by atoms with Gasteiger partial charge in [-0.3, -0.25) is 14.7 Å². The number of nitrogens with zero attached hydrogens (tertiary/aromatic N) is 4. The fourth-order valence-corrected chi connectivity index (χ4v) is 4.69. The van der Waals surface area contributed by atoms with Crippen LogP contribution in [0.15, 0.2) is 42.5 Å². The number of amides is 2. The lowest BCUT2D eigenvalue weighted by Crippen LogP contribution is -2.45. The summed E-state index contributed by atoms with van der Waals surface area (Å²) in [5.41, 5.74) is 1.95. The van der Waals surface area contributed by atoms with Crippen LogP contribution in [-0.4, -0.2) is 76.2 Å². The Hall–Kier alpha value is -3.83. The predicted molar refractivity (Wildman–Crippen MR) is 117 cm³/mol. The molecule has 2 saturated heterocycles. The normalized spacial score (nSPS) is 20.1. The Morgan fingerprint density at radius 2 is 1.71 bits per heavy atom. The van der Waals surface area contributed by atoms with E-state index in [1.165, 1.54) is 12.1 Å². The molecule has 12 heteroatoms. The molecular formula is C23H22F3N5O4. The van der Waals surface area contributed by atoms with Crippen LogP contribution in [0.25, 0.3) is 11.0 Å². The zero-order valence-electron chi connectivity index (χ0n) is 18.5. The Bertz CT molecular complexity index is 1230. The Labute approximate surface area is 197 Å². The number of rotatable bonds is 5. The van der Waals surface area contributed by atoms with Crippen LogP contribution in [0.5, 0.6) is 11.5 Å². The number of alkyl halides is 3. The van der Waals surface area contributed by atoms with Crippen LogP contribution in [0.3, 0.4) is 0 Å². The highest BCUT2D eigenvalue weighted by Crippen LogP contribution is 2.32. The minimum atomic E-state index is -4.77. The van der Waals surface area contributed by atoms with E-state index in [0.717, 1.165) is 24.1 Å². The summed E-state index contributed by atoms with van der Waals surface area (Å²) >= 11 is 0. The summed E-state index contributed by atoms with van der Waals surface area (Å²) in [5.74, 6) is 0.125. The minimum absolute atomic E-state index is 0.0662. The van der Waals surface area contributed by atoms with Gasteiger partial charge in [-0.25, -0.2) is 0 Å². The summed E-state index contributed by atoms with van der Waals surface area (Å²) in [6, 6.07) is 10.1. The van der Waals surface area contributed by atoms with Gasteiger partial charge in [-0.2, -0.15) is 0 Å². The average Bonchev–Trinajstić information content (AvgIpc) is 3.47. The largest absolute Gasteiger partial charge is 0.573 e.